The van der Waals surface area contributed by atoms with Crippen LogP contribution in [-0.2, 0) is 38.1 Å². The third-order valence-corrected chi connectivity index (χ3v) is 3.47. The highest BCUT2D eigenvalue weighted by Crippen LogP contribution is 2.11. The topological polar surface area (TPSA) is 105 Å². The van der Waals surface area contributed by atoms with E-state index in [1.807, 2.05) is 0 Å². The third kappa shape index (κ3) is 5.43. The molecule has 8 nitrogen and oxygen atoms in total. The van der Waals surface area contributed by atoms with Crippen LogP contribution in [0.25, 0.3) is 0 Å². The number of esters is 2. The maximum absolute atomic E-state index is 11.4. The van der Waals surface area contributed by atoms with E-state index in [1.165, 1.54) is 7.11 Å². The molecule has 1 unspecified atom stereocenters. The second-order valence-corrected chi connectivity index (χ2v) is 4.98. The van der Waals surface area contributed by atoms with Gasteiger partial charge >= 0.3 is 11.9 Å². The van der Waals surface area contributed by atoms with E-state index in [0.29, 0.717) is 0 Å². The minimum atomic E-state index is -4.20. The SMILES string of the molecule is COCCOC(=O)CC(C(=O)OC)S(=O)(=O)OC. The van der Waals surface area contributed by atoms with Crippen LogP contribution in [0.15, 0.2) is 0 Å². The van der Waals surface area contributed by atoms with Gasteiger partial charge in [-0.15, -0.1) is 0 Å². The van der Waals surface area contributed by atoms with Gasteiger partial charge in [-0.2, -0.15) is 8.42 Å². The first-order valence-corrected chi connectivity index (χ1v) is 6.38. The van der Waals surface area contributed by atoms with E-state index in [1.54, 1.807) is 0 Å². The summed E-state index contributed by atoms with van der Waals surface area (Å²) in [7, 11) is -0.886. The van der Waals surface area contributed by atoms with Crippen LogP contribution in [0.4, 0.5) is 0 Å². The molecule has 18 heavy (non-hydrogen) atoms. The molecule has 0 aliphatic carbocycles. The number of ether oxygens (including phenoxy) is 3. The Balaban J connectivity index is 4.62. The average Bonchev–Trinajstić information content (AvgIpc) is 2.35. The molecule has 0 aromatic rings. The Hall–Kier alpha value is -1.19. The zero-order valence-electron chi connectivity index (χ0n) is 10.4. The molecule has 0 rings (SSSR count). The van der Waals surface area contributed by atoms with Crippen molar-refractivity contribution < 1.29 is 36.4 Å². The molecule has 1 atom stereocenters. The van der Waals surface area contributed by atoms with Crippen LogP contribution in [0.1, 0.15) is 6.42 Å². The van der Waals surface area contributed by atoms with E-state index in [2.05, 4.69) is 18.4 Å². The number of methoxy groups -OCH3 is 2. The summed E-state index contributed by atoms with van der Waals surface area (Å²) in [6, 6.07) is 0. The van der Waals surface area contributed by atoms with E-state index in [9.17, 15) is 18.0 Å². The van der Waals surface area contributed by atoms with Crippen molar-refractivity contribution in [3.05, 3.63) is 0 Å². The molecule has 0 spiro atoms. The molecule has 0 radical (unpaired) electrons. The molecule has 0 aromatic carbocycles. The van der Waals surface area contributed by atoms with Crippen molar-refractivity contribution in [2.24, 2.45) is 0 Å². The first-order valence-electron chi connectivity index (χ1n) is 4.90. The minimum absolute atomic E-state index is 0.0315. The zero-order valence-corrected chi connectivity index (χ0v) is 11.2. The number of carbonyl (C=O) groups excluding carboxylic acids is 2. The summed E-state index contributed by atoms with van der Waals surface area (Å²) in [4.78, 5) is 22.6. The van der Waals surface area contributed by atoms with Gasteiger partial charge in [-0.25, -0.2) is 0 Å². The Kier molecular flexibility index (Phi) is 7.48. The monoisotopic (exact) mass is 284 g/mol. The molecule has 0 fully saturated rings. The van der Waals surface area contributed by atoms with Crippen molar-refractivity contribution in [3.63, 3.8) is 0 Å². The van der Waals surface area contributed by atoms with Gasteiger partial charge in [-0.1, -0.05) is 0 Å². The Labute approximate surface area is 105 Å². The van der Waals surface area contributed by atoms with Crippen molar-refractivity contribution in [1.82, 2.24) is 0 Å². The van der Waals surface area contributed by atoms with E-state index in [-0.39, 0.29) is 13.2 Å². The summed E-state index contributed by atoms with van der Waals surface area (Å²) < 4.78 is 40.6. The molecule has 0 bridgehead atoms. The van der Waals surface area contributed by atoms with Crippen LogP contribution < -0.4 is 0 Å². The van der Waals surface area contributed by atoms with Crippen LogP contribution in [0, 0.1) is 0 Å². The standard InChI is InChI=1S/C9H16O8S/c1-14-4-5-17-8(10)6-7(9(11)15-2)18(12,13)16-3/h7H,4-6H2,1-3H3. The normalized spacial score (nSPS) is 12.8. The molecule has 0 aliphatic heterocycles. The Bertz CT molecular complexity index is 374. The van der Waals surface area contributed by atoms with Gasteiger partial charge in [0.05, 0.1) is 27.2 Å². The predicted molar refractivity (Wildman–Crippen MR) is 59.2 cm³/mol. The smallest absolute Gasteiger partial charge is 0.327 e. The third-order valence-electron chi connectivity index (χ3n) is 1.95. The van der Waals surface area contributed by atoms with Gasteiger partial charge in [0, 0.05) is 7.11 Å². The van der Waals surface area contributed by atoms with Crippen LogP contribution in [0.3, 0.4) is 0 Å². The van der Waals surface area contributed by atoms with Crippen molar-refractivity contribution >= 4 is 22.1 Å². The second-order valence-electron chi connectivity index (χ2n) is 3.09. The Morgan fingerprint density at radius 1 is 1.11 bits per heavy atom. The van der Waals surface area contributed by atoms with Gasteiger partial charge in [-0.3, -0.25) is 13.8 Å². The molecule has 0 saturated carbocycles. The predicted octanol–water partition coefficient (Wildman–Crippen LogP) is -0.916. The molecule has 0 aliphatic rings. The fourth-order valence-electron chi connectivity index (χ4n) is 1.000. The fourth-order valence-corrected chi connectivity index (χ4v) is 1.90. The zero-order chi connectivity index (χ0) is 14.2. The fraction of sp³-hybridized carbons (Fsp3) is 0.778. The second kappa shape index (κ2) is 8.01. The summed E-state index contributed by atoms with van der Waals surface area (Å²) >= 11 is 0. The van der Waals surface area contributed by atoms with Gasteiger partial charge in [0.25, 0.3) is 10.1 Å². The quantitative estimate of drug-likeness (QED) is 0.320. The average molecular weight is 284 g/mol. The van der Waals surface area contributed by atoms with E-state index >= 15 is 0 Å². The van der Waals surface area contributed by atoms with Crippen LogP contribution in [-0.4, -0.2) is 60.1 Å². The summed E-state index contributed by atoms with van der Waals surface area (Å²) in [5.74, 6) is -1.94. The molecule has 106 valence electrons. The Morgan fingerprint density at radius 3 is 2.17 bits per heavy atom. The number of hydrogen-bond acceptors (Lipinski definition) is 8. The lowest BCUT2D eigenvalue weighted by Crippen LogP contribution is -2.35. The molecule has 0 aromatic heterocycles. The summed E-state index contributed by atoms with van der Waals surface area (Å²) in [5.41, 5.74) is 0. The number of rotatable bonds is 8. The summed E-state index contributed by atoms with van der Waals surface area (Å²) in [5, 5.41) is -1.73. The molecule has 0 heterocycles. The van der Waals surface area contributed by atoms with Gasteiger partial charge in [0.1, 0.15) is 6.61 Å². The van der Waals surface area contributed by atoms with Crippen LogP contribution >= 0.6 is 0 Å². The van der Waals surface area contributed by atoms with Crippen molar-refractivity contribution in [1.29, 1.82) is 0 Å². The largest absolute Gasteiger partial charge is 0.468 e. The lowest BCUT2D eigenvalue weighted by molar-refractivity contribution is -0.149. The maximum atomic E-state index is 11.4. The van der Waals surface area contributed by atoms with Crippen molar-refractivity contribution in [2.45, 2.75) is 11.7 Å². The van der Waals surface area contributed by atoms with Crippen LogP contribution in [0.5, 0.6) is 0 Å². The molecule has 9 heteroatoms. The van der Waals surface area contributed by atoms with Crippen LogP contribution in [0.2, 0.25) is 0 Å². The highest BCUT2D eigenvalue weighted by atomic mass is 32.2. The highest BCUT2D eigenvalue weighted by Gasteiger charge is 2.36. The maximum Gasteiger partial charge on any atom is 0.327 e. The first-order chi connectivity index (χ1) is 8.38. The summed E-state index contributed by atoms with van der Waals surface area (Å²) in [6.45, 7) is 0.141. The molecular formula is C9H16O8S. The molecule has 0 N–H and O–H groups in total. The van der Waals surface area contributed by atoms with E-state index < -0.39 is 33.7 Å². The van der Waals surface area contributed by atoms with E-state index in [4.69, 9.17) is 0 Å². The van der Waals surface area contributed by atoms with Gasteiger partial charge in [0.15, 0.2) is 5.25 Å². The first kappa shape index (κ1) is 16.8. The lowest BCUT2D eigenvalue weighted by Gasteiger charge is -2.13. The Morgan fingerprint density at radius 2 is 1.72 bits per heavy atom. The van der Waals surface area contributed by atoms with Gasteiger partial charge < -0.3 is 14.2 Å². The minimum Gasteiger partial charge on any atom is -0.468 e. The molecule has 0 saturated heterocycles. The van der Waals surface area contributed by atoms with Gasteiger partial charge in [-0.05, 0) is 0 Å². The number of carbonyl (C=O) groups is 2. The number of hydrogen-bond donors (Lipinski definition) is 0. The summed E-state index contributed by atoms with van der Waals surface area (Å²) in [6.07, 6.45) is -0.674. The van der Waals surface area contributed by atoms with Gasteiger partial charge in [0.2, 0.25) is 0 Å². The highest BCUT2D eigenvalue weighted by molar-refractivity contribution is 7.88. The van der Waals surface area contributed by atoms with E-state index in [0.717, 1.165) is 14.2 Å². The molecule has 0 amide bonds. The van der Waals surface area contributed by atoms with Crippen molar-refractivity contribution in [3.8, 4) is 0 Å². The molecular weight excluding hydrogens is 268 g/mol. The lowest BCUT2D eigenvalue weighted by atomic mass is 10.3. The van der Waals surface area contributed by atoms with Crippen molar-refractivity contribution in [2.75, 3.05) is 34.5 Å².